The van der Waals surface area contributed by atoms with Gasteiger partial charge >= 0.3 is 0 Å². The maximum atomic E-state index is 9.16. The predicted molar refractivity (Wildman–Crippen MR) is 27.1 cm³/mol. The van der Waals surface area contributed by atoms with Crippen LogP contribution < -0.4 is 0 Å². The SMILES string of the molecule is O=NOCCCCl. The summed E-state index contributed by atoms with van der Waals surface area (Å²) in [4.78, 5) is 13.2. The van der Waals surface area contributed by atoms with E-state index in [1.54, 1.807) is 0 Å². The highest BCUT2D eigenvalue weighted by Crippen LogP contribution is 1.84. The molecular formula is C3H6ClNO2. The molecule has 7 heavy (non-hydrogen) atoms. The highest BCUT2D eigenvalue weighted by atomic mass is 35.5. The van der Waals surface area contributed by atoms with Gasteiger partial charge in [0.25, 0.3) is 0 Å². The molecule has 0 spiro atoms. The Hall–Kier alpha value is -0.310. The van der Waals surface area contributed by atoms with E-state index in [-0.39, 0.29) is 0 Å². The number of hydrogen-bond donors (Lipinski definition) is 0. The Morgan fingerprint density at radius 3 is 2.86 bits per heavy atom. The standard InChI is InChI=1S/C3H6ClNO2/c4-2-1-3-7-5-6/h1-3H2. The van der Waals surface area contributed by atoms with Gasteiger partial charge in [0, 0.05) is 5.88 Å². The summed E-state index contributed by atoms with van der Waals surface area (Å²) >= 11 is 5.21. The van der Waals surface area contributed by atoms with Gasteiger partial charge in [-0.1, -0.05) is 0 Å². The van der Waals surface area contributed by atoms with Crippen LogP contribution in [0.3, 0.4) is 0 Å². The summed E-state index contributed by atoms with van der Waals surface area (Å²) in [6.45, 7) is 0.326. The van der Waals surface area contributed by atoms with Crippen molar-refractivity contribution in [1.82, 2.24) is 0 Å². The maximum absolute atomic E-state index is 9.16. The van der Waals surface area contributed by atoms with Crippen LogP contribution in [0, 0.1) is 4.91 Å². The Morgan fingerprint density at radius 2 is 2.43 bits per heavy atom. The van der Waals surface area contributed by atoms with Crippen LogP contribution in [0.1, 0.15) is 6.42 Å². The van der Waals surface area contributed by atoms with Gasteiger partial charge in [-0.3, -0.25) is 0 Å². The lowest BCUT2D eigenvalue weighted by atomic mass is 10.5. The number of nitrogens with zero attached hydrogens (tertiary/aromatic N) is 1. The Morgan fingerprint density at radius 1 is 1.71 bits per heavy atom. The van der Waals surface area contributed by atoms with E-state index in [4.69, 9.17) is 16.5 Å². The molecule has 0 aromatic rings. The Bertz CT molecular complexity index is 50.2. The zero-order valence-electron chi connectivity index (χ0n) is 3.76. The van der Waals surface area contributed by atoms with Gasteiger partial charge in [-0.25, -0.2) is 0 Å². The molecule has 0 atom stereocenters. The molecule has 0 aromatic carbocycles. The minimum atomic E-state index is 0.326. The van der Waals surface area contributed by atoms with Crippen LogP contribution in [0.4, 0.5) is 0 Å². The Balaban J connectivity index is 2.56. The molecule has 3 nitrogen and oxygen atoms in total. The van der Waals surface area contributed by atoms with E-state index in [1.165, 1.54) is 0 Å². The fourth-order valence-corrected chi connectivity index (χ4v) is 0.265. The quantitative estimate of drug-likeness (QED) is 0.245. The van der Waals surface area contributed by atoms with Crippen molar-refractivity contribution in [3.8, 4) is 0 Å². The molecule has 0 heterocycles. The average Bonchev–Trinajstić information content (AvgIpc) is 1.69. The van der Waals surface area contributed by atoms with Crippen LogP contribution >= 0.6 is 11.6 Å². The molecule has 4 heteroatoms. The second-order valence-corrected chi connectivity index (χ2v) is 1.33. The van der Waals surface area contributed by atoms with Crippen molar-refractivity contribution in [1.29, 1.82) is 0 Å². The van der Waals surface area contributed by atoms with Crippen molar-refractivity contribution in [2.45, 2.75) is 6.42 Å². The Kier molecular flexibility index (Phi) is 5.44. The molecule has 0 amide bonds. The fourth-order valence-electron chi connectivity index (χ4n) is 0.156. The first-order chi connectivity index (χ1) is 3.41. The first kappa shape index (κ1) is 6.69. The summed E-state index contributed by atoms with van der Waals surface area (Å²) in [5.41, 5.74) is 0. The molecule has 0 aliphatic heterocycles. The summed E-state index contributed by atoms with van der Waals surface area (Å²) in [5.74, 6) is 0.509. The molecule has 0 fully saturated rings. The minimum absolute atomic E-state index is 0.326. The molecule has 0 bridgehead atoms. The highest BCUT2D eigenvalue weighted by Gasteiger charge is 1.81. The molecule has 0 unspecified atom stereocenters. The van der Waals surface area contributed by atoms with Crippen LogP contribution in [0.25, 0.3) is 0 Å². The van der Waals surface area contributed by atoms with Gasteiger partial charge in [-0.2, -0.15) is 0 Å². The first-order valence-corrected chi connectivity index (χ1v) is 2.46. The molecule has 0 saturated heterocycles. The number of halogens is 1. The van der Waals surface area contributed by atoms with Crippen LogP contribution in [0.2, 0.25) is 0 Å². The van der Waals surface area contributed by atoms with Gasteiger partial charge in [0.1, 0.15) is 6.61 Å². The van der Waals surface area contributed by atoms with E-state index in [0.29, 0.717) is 18.9 Å². The third-order valence-corrected chi connectivity index (χ3v) is 0.689. The third kappa shape index (κ3) is 5.69. The Labute approximate surface area is 46.5 Å². The summed E-state index contributed by atoms with van der Waals surface area (Å²) in [6, 6.07) is 0. The van der Waals surface area contributed by atoms with E-state index in [9.17, 15) is 0 Å². The van der Waals surface area contributed by atoms with Crippen LogP contribution in [0.5, 0.6) is 0 Å². The summed E-state index contributed by atoms with van der Waals surface area (Å²) in [6.07, 6.45) is 0.674. The van der Waals surface area contributed by atoms with E-state index in [1.807, 2.05) is 0 Å². The van der Waals surface area contributed by atoms with Crippen molar-refractivity contribution in [3.05, 3.63) is 4.91 Å². The molecule has 0 aromatic heterocycles. The molecule has 0 aliphatic carbocycles. The maximum Gasteiger partial charge on any atom is 0.155 e. The molecule has 0 radical (unpaired) electrons. The molecule has 0 saturated carbocycles. The van der Waals surface area contributed by atoms with Crippen molar-refractivity contribution in [2.75, 3.05) is 12.5 Å². The van der Waals surface area contributed by atoms with Crippen LogP contribution in [0.15, 0.2) is 5.34 Å². The third-order valence-electron chi connectivity index (χ3n) is 0.422. The van der Waals surface area contributed by atoms with Crippen molar-refractivity contribution < 1.29 is 4.84 Å². The lowest BCUT2D eigenvalue weighted by Gasteiger charge is -1.86. The number of hydrogen-bond acceptors (Lipinski definition) is 3. The first-order valence-electron chi connectivity index (χ1n) is 1.92. The molecule has 42 valence electrons. The molecule has 0 N–H and O–H groups in total. The van der Waals surface area contributed by atoms with Gasteiger partial charge in [-0.05, 0) is 6.42 Å². The van der Waals surface area contributed by atoms with E-state index in [2.05, 4.69) is 10.2 Å². The number of alkyl halides is 1. The largest absolute Gasteiger partial charge is 0.364 e. The van der Waals surface area contributed by atoms with E-state index < -0.39 is 0 Å². The summed E-state index contributed by atoms with van der Waals surface area (Å²) in [5, 5.41) is 2.16. The minimum Gasteiger partial charge on any atom is -0.364 e. The smallest absolute Gasteiger partial charge is 0.155 e. The number of rotatable bonds is 4. The van der Waals surface area contributed by atoms with Crippen molar-refractivity contribution in [2.24, 2.45) is 5.34 Å². The van der Waals surface area contributed by atoms with Crippen molar-refractivity contribution >= 4 is 11.6 Å². The lowest BCUT2D eigenvalue weighted by Crippen LogP contribution is -1.85. The van der Waals surface area contributed by atoms with Crippen LogP contribution in [-0.4, -0.2) is 12.5 Å². The van der Waals surface area contributed by atoms with Crippen molar-refractivity contribution in [3.63, 3.8) is 0 Å². The molecule has 0 aliphatic rings. The summed E-state index contributed by atoms with van der Waals surface area (Å²) in [7, 11) is 0. The summed E-state index contributed by atoms with van der Waals surface area (Å²) < 4.78 is 0. The molecular weight excluding hydrogens is 117 g/mol. The van der Waals surface area contributed by atoms with E-state index >= 15 is 0 Å². The second-order valence-electron chi connectivity index (χ2n) is 0.950. The normalized spacial score (nSPS) is 8.14. The zero-order valence-corrected chi connectivity index (χ0v) is 4.52. The van der Waals surface area contributed by atoms with Gasteiger partial charge in [0.15, 0.2) is 5.34 Å². The van der Waals surface area contributed by atoms with Gasteiger partial charge in [0.2, 0.25) is 0 Å². The van der Waals surface area contributed by atoms with E-state index in [0.717, 1.165) is 0 Å². The average molecular weight is 124 g/mol. The highest BCUT2D eigenvalue weighted by molar-refractivity contribution is 6.17. The second kappa shape index (κ2) is 5.69. The fraction of sp³-hybridized carbons (Fsp3) is 1.00. The van der Waals surface area contributed by atoms with Crippen LogP contribution in [-0.2, 0) is 4.84 Å². The van der Waals surface area contributed by atoms with Gasteiger partial charge < -0.3 is 4.84 Å². The zero-order chi connectivity index (χ0) is 5.54. The van der Waals surface area contributed by atoms with Gasteiger partial charge in [0.05, 0.1) is 0 Å². The van der Waals surface area contributed by atoms with Gasteiger partial charge in [-0.15, -0.1) is 16.5 Å². The topological polar surface area (TPSA) is 38.7 Å². The predicted octanol–water partition coefficient (Wildman–Crippen LogP) is 1.31. The lowest BCUT2D eigenvalue weighted by molar-refractivity contribution is 0.141. The monoisotopic (exact) mass is 123 g/mol. The molecule has 0 rings (SSSR count).